The van der Waals surface area contributed by atoms with Crippen molar-refractivity contribution in [2.24, 2.45) is 0 Å². The zero-order valence-electron chi connectivity index (χ0n) is 6.96. The summed E-state index contributed by atoms with van der Waals surface area (Å²) in [6.45, 7) is 8.04. The van der Waals surface area contributed by atoms with Crippen molar-refractivity contribution in [3.63, 3.8) is 0 Å². The second-order valence-corrected chi connectivity index (χ2v) is 3.20. The van der Waals surface area contributed by atoms with Crippen LogP contribution in [-0.2, 0) is 7.58 Å². The average molecular weight is 226 g/mol. The van der Waals surface area contributed by atoms with Crippen molar-refractivity contribution >= 4 is 32.9 Å². The van der Waals surface area contributed by atoms with Gasteiger partial charge in [0, 0.05) is 12.2 Å². The molecule has 0 saturated carbocycles. The summed E-state index contributed by atoms with van der Waals surface area (Å²) in [6, 6.07) is 0. The average Bonchev–Trinajstić information content (AvgIpc) is 1.63. The third-order valence-corrected chi connectivity index (χ3v) is 1.97. The Kier molecular flexibility index (Phi) is 10.9. The van der Waals surface area contributed by atoms with Crippen molar-refractivity contribution in [1.29, 1.82) is 0 Å². The molecule has 0 spiro atoms. The summed E-state index contributed by atoms with van der Waals surface area (Å²) >= 11 is -0.245. The van der Waals surface area contributed by atoms with Crippen LogP contribution in [-0.4, -0.2) is 28.1 Å². The van der Waals surface area contributed by atoms with Crippen LogP contribution in [0.5, 0.6) is 0 Å². The summed E-state index contributed by atoms with van der Waals surface area (Å²) in [7, 11) is 0. The normalized spacial score (nSPS) is 9.80. The van der Waals surface area contributed by atoms with E-state index in [0.29, 0.717) is 12.2 Å². The smallest absolute Gasteiger partial charge is 0.482 e. The predicted molar refractivity (Wildman–Crippen MR) is 48.5 cm³/mol. The van der Waals surface area contributed by atoms with Crippen molar-refractivity contribution in [3.05, 3.63) is 0 Å². The summed E-state index contributed by atoms with van der Waals surface area (Å²) in [5.74, 6) is 0. The van der Waals surface area contributed by atoms with Crippen molar-refractivity contribution in [1.82, 2.24) is 0 Å². The maximum Gasteiger partial charge on any atom is 0.668 e. The van der Waals surface area contributed by atoms with Gasteiger partial charge in [0.25, 0.3) is 0 Å². The first-order valence-corrected chi connectivity index (χ1v) is 4.20. The second kappa shape index (κ2) is 8.03. The Morgan fingerprint density at radius 2 is 1.20 bits per heavy atom. The maximum atomic E-state index is 5.21. The molecule has 0 aliphatic heterocycles. The summed E-state index contributed by atoms with van der Waals surface area (Å²) in [6.07, 6.45) is 0.609. The molecule has 0 aliphatic rings. The van der Waals surface area contributed by atoms with E-state index >= 15 is 0 Å². The lowest BCUT2D eigenvalue weighted by Gasteiger charge is -2.09. The van der Waals surface area contributed by atoms with Crippen LogP contribution in [0, 0.1) is 0 Å². The van der Waals surface area contributed by atoms with Gasteiger partial charge in [-0.1, -0.05) is 0 Å². The van der Waals surface area contributed by atoms with Crippen molar-refractivity contribution in [3.8, 4) is 0 Å². The van der Waals surface area contributed by atoms with Gasteiger partial charge in [-0.05, 0) is 27.7 Å². The molecule has 1 radical (unpaired) electrons. The summed E-state index contributed by atoms with van der Waals surface area (Å²) in [5, 5.41) is 0. The molecule has 4 heteroatoms. The Morgan fingerprint density at radius 3 is 1.40 bits per heavy atom. The van der Waals surface area contributed by atoms with E-state index in [-0.39, 0.29) is 32.9 Å². The van der Waals surface area contributed by atoms with Gasteiger partial charge in [0.15, 0.2) is 0 Å². The standard InChI is InChI=1S/2C3H7O.Al.BrH/c2*1-3(2)4;;/h2*3H,1-2H3;;1H/q2*-1;+2;. The molecule has 0 rings (SSSR count). The first-order chi connectivity index (χ1) is 4.13. The van der Waals surface area contributed by atoms with E-state index in [2.05, 4.69) is 0 Å². The molecule has 0 atom stereocenters. The molecule has 0 bridgehead atoms. The maximum absolute atomic E-state index is 5.21. The van der Waals surface area contributed by atoms with Crippen molar-refractivity contribution in [2.75, 3.05) is 0 Å². The highest BCUT2D eigenvalue weighted by molar-refractivity contribution is 8.93. The minimum atomic E-state index is -0.245. The monoisotopic (exact) mass is 225 g/mol. The fourth-order valence-corrected chi connectivity index (χ4v) is 0.763. The Balaban J connectivity index is 0. The van der Waals surface area contributed by atoms with E-state index in [0.717, 1.165) is 0 Å². The van der Waals surface area contributed by atoms with E-state index in [1.807, 2.05) is 27.7 Å². The van der Waals surface area contributed by atoms with Gasteiger partial charge in [-0.2, -0.15) is 0 Å². The van der Waals surface area contributed by atoms with Gasteiger partial charge in [-0.3, -0.25) is 0 Å². The summed E-state index contributed by atoms with van der Waals surface area (Å²) in [5.41, 5.74) is 0. The number of halogens is 1. The summed E-state index contributed by atoms with van der Waals surface area (Å²) in [4.78, 5) is 0. The van der Waals surface area contributed by atoms with Crippen LogP contribution < -0.4 is 0 Å². The lowest BCUT2D eigenvalue weighted by molar-refractivity contribution is 0.152. The van der Waals surface area contributed by atoms with Gasteiger partial charge in [0.05, 0.1) is 0 Å². The topological polar surface area (TPSA) is 18.5 Å². The Morgan fingerprint density at radius 1 is 0.900 bits per heavy atom. The fraction of sp³-hybridized carbons (Fsp3) is 1.00. The minimum absolute atomic E-state index is 0. The van der Waals surface area contributed by atoms with Gasteiger partial charge < -0.3 is 7.58 Å². The minimum Gasteiger partial charge on any atom is -0.482 e. The molecule has 0 N–H and O–H groups in total. The number of hydrogen-bond donors (Lipinski definition) is 0. The molecule has 0 unspecified atom stereocenters. The van der Waals surface area contributed by atoms with Crippen LogP contribution in [0.3, 0.4) is 0 Å². The Hall–Kier alpha value is 0.932. The quantitative estimate of drug-likeness (QED) is 0.682. The first kappa shape index (κ1) is 13.5. The van der Waals surface area contributed by atoms with E-state index in [9.17, 15) is 0 Å². The van der Waals surface area contributed by atoms with Gasteiger partial charge in [0.2, 0.25) is 0 Å². The highest BCUT2D eigenvalue weighted by Crippen LogP contribution is 1.89. The molecule has 0 aromatic rings. The Bertz CT molecular complexity index is 60.8. The largest absolute Gasteiger partial charge is 0.668 e. The molecule has 0 heterocycles. The molecule has 0 aromatic carbocycles. The lowest BCUT2D eigenvalue weighted by atomic mass is 10.5. The molecule has 61 valence electrons. The molecular formula is C6H15AlBrO2. The van der Waals surface area contributed by atoms with Crippen LogP contribution in [0.2, 0.25) is 0 Å². The van der Waals surface area contributed by atoms with Crippen LogP contribution in [0.25, 0.3) is 0 Å². The van der Waals surface area contributed by atoms with Gasteiger partial charge in [-0.15, -0.1) is 17.0 Å². The molecule has 2 nitrogen and oxygen atoms in total. The molecule has 0 aliphatic carbocycles. The third-order valence-electron chi connectivity index (χ3n) is 0.655. The molecule has 0 fully saturated rings. The van der Waals surface area contributed by atoms with Gasteiger partial charge in [-0.25, -0.2) is 0 Å². The van der Waals surface area contributed by atoms with E-state index < -0.39 is 0 Å². The molecular weight excluding hydrogens is 211 g/mol. The van der Waals surface area contributed by atoms with Crippen LogP contribution >= 0.6 is 17.0 Å². The van der Waals surface area contributed by atoms with Crippen molar-refractivity contribution < 1.29 is 7.58 Å². The van der Waals surface area contributed by atoms with Gasteiger partial charge in [0.1, 0.15) is 0 Å². The van der Waals surface area contributed by atoms with Crippen molar-refractivity contribution in [2.45, 2.75) is 39.9 Å². The van der Waals surface area contributed by atoms with E-state index in [1.165, 1.54) is 0 Å². The third kappa shape index (κ3) is 11.7. The van der Waals surface area contributed by atoms with E-state index in [4.69, 9.17) is 7.58 Å². The Labute approximate surface area is 80.4 Å². The van der Waals surface area contributed by atoms with Crippen LogP contribution in [0.1, 0.15) is 27.7 Å². The SMILES string of the molecule is Br.CC(C)[O][Al][O]C(C)C. The van der Waals surface area contributed by atoms with Crippen LogP contribution in [0.4, 0.5) is 0 Å². The highest BCUT2D eigenvalue weighted by Gasteiger charge is 2.01. The zero-order valence-corrected chi connectivity index (χ0v) is 9.82. The lowest BCUT2D eigenvalue weighted by Crippen LogP contribution is -2.14. The molecule has 10 heavy (non-hydrogen) atoms. The summed E-state index contributed by atoms with van der Waals surface area (Å²) < 4.78 is 10.4. The second-order valence-electron chi connectivity index (χ2n) is 2.47. The number of rotatable bonds is 4. The van der Waals surface area contributed by atoms with E-state index in [1.54, 1.807) is 0 Å². The van der Waals surface area contributed by atoms with Crippen LogP contribution in [0.15, 0.2) is 0 Å². The number of hydrogen-bond acceptors (Lipinski definition) is 2. The predicted octanol–water partition coefficient (Wildman–Crippen LogP) is 1.95. The molecule has 0 amide bonds. The molecule has 0 saturated heterocycles. The molecule has 0 aromatic heterocycles. The highest BCUT2D eigenvalue weighted by atomic mass is 79.9. The zero-order chi connectivity index (χ0) is 7.28. The van der Waals surface area contributed by atoms with Gasteiger partial charge >= 0.3 is 15.9 Å². The first-order valence-electron chi connectivity index (χ1n) is 3.25. The fourth-order valence-electron chi connectivity index (χ4n) is 0.254.